The third-order valence-corrected chi connectivity index (χ3v) is 5.11. The first-order chi connectivity index (χ1) is 10.7. The number of hydrogen-bond donors (Lipinski definition) is 2. The standard InChI is InChI=1S/C15H23N5O2/c1-10-6-16-7-12(10)14-17-13-8-19(9-20(13)15(21)18-14)11-2-4-22-5-3-11/h8,10-12,16H,2-7,9H2,1H3,(H,17,18,21)/t10-,12-/m1/s1. The van der Waals surface area contributed by atoms with Crippen molar-refractivity contribution in [3.63, 3.8) is 0 Å². The highest BCUT2D eigenvalue weighted by Gasteiger charge is 2.38. The molecule has 2 N–H and O–H groups in total. The van der Waals surface area contributed by atoms with Crippen molar-refractivity contribution in [2.75, 3.05) is 33.0 Å². The second kappa shape index (κ2) is 5.55. The predicted molar refractivity (Wildman–Crippen MR) is 82.0 cm³/mol. The first-order valence-corrected chi connectivity index (χ1v) is 8.15. The summed E-state index contributed by atoms with van der Waals surface area (Å²) in [4.78, 5) is 21.1. The maximum Gasteiger partial charge on any atom is 0.329 e. The molecule has 4 heterocycles. The maximum atomic E-state index is 12.4. The van der Waals surface area contributed by atoms with Gasteiger partial charge in [0.25, 0.3) is 0 Å². The summed E-state index contributed by atoms with van der Waals surface area (Å²) >= 11 is 0. The van der Waals surface area contributed by atoms with Gasteiger partial charge in [0.1, 0.15) is 12.5 Å². The molecule has 7 nitrogen and oxygen atoms in total. The van der Waals surface area contributed by atoms with E-state index in [0.717, 1.165) is 50.8 Å². The molecule has 0 aliphatic carbocycles. The van der Waals surface area contributed by atoms with Gasteiger partial charge in [0.05, 0.1) is 0 Å². The Morgan fingerprint density at radius 3 is 2.86 bits per heavy atom. The van der Waals surface area contributed by atoms with Gasteiger partial charge in [-0.05, 0) is 25.3 Å². The number of aliphatic imine (C=N–C) groups is 1. The molecular formula is C15H23N5O2. The number of hydrogen-bond acceptors (Lipinski definition) is 5. The van der Waals surface area contributed by atoms with Crippen LogP contribution in [-0.4, -0.2) is 60.7 Å². The zero-order valence-corrected chi connectivity index (χ0v) is 12.9. The minimum Gasteiger partial charge on any atom is -0.381 e. The molecule has 0 unspecified atom stereocenters. The maximum absolute atomic E-state index is 12.4. The van der Waals surface area contributed by atoms with Crippen molar-refractivity contribution in [3.8, 4) is 0 Å². The van der Waals surface area contributed by atoms with Gasteiger partial charge in [-0.25, -0.2) is 9.79 Å². The number of ether oxygens (including phenoxy) is 1. The molecule has 4 aliphatic heterocycles. The molecule has 7 heteroatoms. The number of nitrogens with zero attached hydrogens (tertiary/aromatic N) is 3. The van der Waals surface area contributed by atoms with E-state index in [9.17, 15) is 4.79 Å². The fourth-order valence-electron chi connectivity index (χ4n) is 3.67. The molecule has 0 aromatic heterocycles. The molecule has 0 radical (unpaired) electrons. The highest BCUT2D eigenvalue weighted by Crippen LogP contribution is 2.28. The summed E-state index contributed by atoms with van der Waals surface area (Å²) in [6.07, 6.45) is 4.07. The van der Waals surface area contributed by atoms with Crippen LogP contribution in [0.2, 0.25) is 0 Å². The molecule has 0 saturated carbocycles. The van der Waals surface area contributed by atoms with Crippen molar-refractivity contribution in [3.05, 3.63) is 12.0 Å². The van der Waals surface area contributed by atoms with Gasteiger partial charge >= 0.3 is 6.03 Å². The van der Waals surface area contributed by atoms with Crippen molar-refractivity contribution < 1.29 is 9.53 Å². The van der Waals surface area contributed by atoms with Crippen LogP contribution in [0, 0.1) is 11.8 Å². The Morgan fingerprint density at radius 1 is 1.32 bits per heavy atom. The predicted octanol–water partition coefficient (Wildman–Crippen LogP) is 0.517. The van der Waals surface area contributed by atoms with E-state index in [1.165, 1.54) is 0 Å². The van der Waals surface area contributed by atoms with Crippen molar-refractivity contribution in [2.45, 2.75) is 25.8 Å². The van der Waals surface area contributed by atoms with Crippen molar-refractivity contribution in [2.24, 2.45) is 16.8 Å². The topological polar surface area (TPSA) is 69.2 Å². The molecule has 2 fully saturated rings. The third kappa shape index (κ3) is 2.38. The van der Waals surface area contributed by atoms with E-state index in [4.69, 9.17) is 9.73 Å². The zero-order valence-electron chi connectivity index (χ0n) is 12.9. The highest BCUT2D eigenvalue weighted by atomic mass is 16.5. The van der Waals surface area contributed by atoms with Crippen LogP contribution in [0.25, 0.3) is 0 Å². The molecule has 2 atom stereocenters. The Bertz CT molecular complexity index is 526. The van der Waals surface area contributed by atoms with E-state index in [0.29, 0.717) is 24.5 Å². The number of rotatable bonds is 2. The monoisotopic (exact) mass is 305 g/mol. The quantitative estimate of drug-likeness (QED) is 0.780. The molecule has 0 spiro atoms. The summed E-state index contributed by atoms with van der Waals surface area (Å²) in [5.41, 5.74) is 0. The Labute approximate surface area is 130 Å². The van der Waals surface area contributed by atoms with Crippen LogP contribution < -0.4 is 10.6 Å². The van der Waals surface area contributed by atoms with E-state index in [1.807, 2.05) is 6.20 Å². The summed E-state index contributed by atoms with van der Waals surface area (Å²) < 4.78 is 5.42. The minimum absolute atomic E-state index is 0.0510. The first kappa shape index (κ1) is 14.0. The summed E-state index contributed by atoms with van der Waals surface area (Å²) in [5, 5.41) is 6.35. The van der Waals surface area contributed by atoms with E-state index < -0.39 is 0 Å². The molecule has 0 bridgehead atoms. The smallest absolute Gasteiger partial charge is 0.329 e. The Balaban J connectivity index is 1.55. The van der Waals surface area contributed by atoms with Gasteiger partial charge in [-0.1, -0.05) is 6.92 Å². The van der Waals surface area contributed by atoms with Gasteiger partial charge in [0.15, 0.2) is 5.82 Å². The average Bonchev–Trinajstić information content (AvgIpc) is 3.14. The molecule has 22 heavy (non-hydrogen) atoms. The number of amidine groups is 1. The molecule has 120 valence electrons. The number of fused-ring (bicyclic) bond motifs is 1. The van der Waals surface area contributed by atoms with Crippen LogP contribution in [0.3, 0.4) is 0 Å². The van der Waals surface area contributed by atoms with Gasteiger partial charge < -0.3 is 15.0 Å². The van der Waals surface area contributed by atoms with Gasteiger partial charge in [-0.2, -0.15) is 0 Å². The second-order valence-corrected chi connectivity index (χ2v) is 6.58. The van der Waals surface area contributed by atoms with Crippen molar-refractivity contribution >= 4 is 11.9 Å². The molecule has 2 saturated heterocycles. The number of carbonyl (C=O) groups excluding carboxylic acids is 1. The fourth-order valence-corrected chi connectivity index (χ4v) is 3.67. The lowest BCUT2D eigenvalue weighted by Gasteiger charge is -2.32. The van der Waals surface area contributed by atoms with Gasteiger partial charge in [-0.3, -0.25) is 10.2 Å². The van der Waals surface area contributed by atoms with E-state index in [2.05, 4.69) is 22.5 Å². The van der Waals surface area contributed by atoms with E-state index in [1.54, 1.807) is 4.90 Å². The summed E-state index contributed by atoms with van der Waals surface area (Å²) in [5.74, 6) is 2.39. The van der Waals surface area contributed by atoms with Crippen LogP contribution in [0.15, 0.2) is 17.0 Å². The molecule has 2 amide bonds. The van der Waals surface area contributed by atoms with Gasteiger partial charge in [0.2, 0.25) is 0 Å². The largest absolute Gasteiger partial charge is 0.381 e. The Kier molecular flexibility index (Phi) is 3.54. The Morgan fingerprint density at radius 2 is 2.14 bits per heavy atom. The summed E-state index contributed by atoms with van der Waals surface area (Å²) in [6, 6.07) is 0.398. The summed E-state index contributed by atoms with van der Waals surface area (Å²) in [6.45, 7) is 6.27. The molecular weight excluding hydrogens is 282 g/mol. The normalized spacial score (nSPS) is 32.7. The lowest BCUT2D eigenvalue weighted by molar-refractivity contribution is 0.0459. The van der Waals surface area contributed by atoms with Crippen LogP contribution >= 0.6 is 0 Å². The van der Waals surface area contributed by atoms with Crippen molar-refractivity contribution in [1.82, 2.24) is 20.4 Å². The van der Waals surface area contributed by atoms with Gasteiger partial charge in [-0.15, -0.1) is 0 Å². The van der Waals surface area contributed by atoms with Crippen LogP contribution in [0.5, 0.6) is 0 Å². The number of amides is 2. The van der Waals surface area contributed by atoms with Crippen LogP contribution in [-0.2, 0) is 4.74 Å². The Hall–Kier alpha value is -1.60. The lowest BCUT2D eigenvalue weighted by atomic mass is 9.96. The number of urea groups is 1. The van der Waals surface area contributed by atoms with E-state index >= 15 is 0 Å². The number of nitrogens with one attached hydrogen (secondary N) is 2. The highest BCUT2D eigenvalue weighted by molar-refractivity contribution is 6.02. The lowest BCUT2D eigenvalue weighted by Crippen LogP contribution is -2.50. The molecule has 0 aromatic carbocycles. The van der Waals surface area contributed by atoms with Crippen LogP contribution in [0.1, 0.15) is 19.8 Å². The second-order valence-electron chi connectivity index (χ2n) is 6.58. The fraction of sp³-hybridized carbons (Fsp3) is 0.733. The first-order valence-electron chi connectivity index (χ1n) is 8.15. The van der Waals surface area contributed by atoms with Gasteiger partial charge in [0, 0.05) is 37.9 Å². The number of carbonyl (C=O) groups is 1. The molecule has 0 aromatic rings. The minimum atomic E-state index is -0.0510. The SMILES string of the molecule is C[C@@H]1CNC[C@H]1C1=NC2=CN(C3CCOCC3)CN2C(=O)N1. The third-order valence-electron chi connectivity index (χ3n) is 5.11. The zero-order chi connectivity index (χ0) is 15.1. The molecule has 4 aliphatic rings. The van der Waals surface area contributed by atoms with Crippen molar-refractivity contribution in [1.29, 1.82) is 0 Å². The summed E-state index contributed by atoms with van der Waals surface area (Å²) in [7, 11) is 0. The molecule has 4 rings (SSSR count). The average molecular weight is 305 g/mol. The van der Waals surface area contributed by atoms with E-state index in [-0.39, 0.29) is 6.03 Å². The van der Waals surface area contributed by atoms with Crippen LogP contribution in [0.4, 0.5) is 4.79 Å².